The summed E-state index contributed by atoms with van der Waals surface area (Å²) in [5.74, 6) is -1.07. The molecule has 14 heteroatoms. The lowest BCUT2D eigenvalue weighted by molar-refractivity contribution is 0.102. The van der Waals surface area contributed by atoms with Crippen molar-refractivity contribution in [2.24, 2.45) is 0 Å². The monoisotopic (exact) mass is 658 g/mol. The maximum absolute atomic E-state index is 15.7. The van der Waals surface area contributed by atoms with Crippen LogP contribution in [-0.2, 0) is 0 Å². The molecule has 0 radical (unpaired) electrons. The van der Waals surface area contributed by atoms with Crippen LogP contribution in [0, 0.1) is 11.6 Å². The molecule has 2 aliphatic heterocycles. The molecule has 0 spiro atoms. The Labute approximate surface area is 273 Å². The van der Waals surface area contributed by atoms with Crippen LogP contribution in [0.15, 0.2) is 53.7 Å². The number of benzene rings is 3. The minimum absolute atomic E-state index is 0.0285. The number of hydrogen-bond acceptors (Lipinski definition) is 10. The average Bonchev–Trinajstić information content (AvgIpc) is 3.08. The molecule has 2 aromatic heterocycles. The number of fused-ring (bicyclic) bond motifs is 1. The van der Waals surface area contributed by atoms with Gasteiger partial charge < -0.3 is 38.6 Å². The number of aromatic nitrogens is 3. The molecular formula is C34H32F2N6O6. The van der Waals surface area contributed by atoms with Crippen molar-refractivity contribution in [1.29, 1.82) is 0 Å². The molecule has 0 bridgehead atoms. The molecule has 1 fully saturated rings. The number of likely N-dealkylation sites (N-methyl/N-ethyl adjacent to an activating group) is 1. The Kier molecular flexibility index (Phi) is 7.95. The summed E-state index contributed by atoms with van der Waals surface area (Å²) in [5, 5.41) is 3.08. The Morgan fingerprint density at radius 2 is 1.71 bits per heavy atom. The summed E-state index contributed by atoms with van der Waals surface area (Å²) in [5.41, 5.74) is 0.448. The first-order chi connectivity index (χ1) is 23.2. The van der Waals surface area contributed by atoms with Gasteiger partial charge in [0.15, 0.2) is 34.6 Å². The summed E-state index contributed by atoms with van der Waals surface area (Å²) >= 11 is 0. The first kappa shape index (κ1) is 31.1. The van der Waals surface area contributed by atoms with Crippen molar-refractivity contribution in [3.63, 3.8) is 0 Å². The van der Waals surface area contributed by atoms with Gasteiger partial charge in [-0.2, -0.15) is 0 Å². The zero-order valence-corrected chi connectivity index (χ0v) is 26.7. The van der Waals surface area contributed by atoms with Crippen molar-refractivity contribution in [3.8, 4) is 28.9 Å². The Balaban J connectivity index is 1.18. The minimum Gasteiger partial charge on any atom is -0.493 e. The lowest BCUT2D eigenvalue weighted by Gasteiger charge is -2.37. The third-order valence-electron chi connectivity index (χ3n) is 8.71. The van der Waals surface area contributed by atoms with Gasteiger partial charge in [-0.15, -0.1) is 0 Å². The second-order valence-electron chi connectivity index (χ2n) is 11.8. The molecule has 7 rings (SSSR count). The fraction of sp³-hybridized carbons (Fsp3) is 0.294. The van der Waals surface area contributed by atoms with E-state index in [1.807, 2.05) is 18.9 Å². The summed E-state index contributed by atoms with van der Waals surface area (Å²) in [6, 6.07) is 8.04. The van der Waals surface area contributed by atoms with Crippen LogP contribution in [0.25, 0.3) is 21.8 Å². The maximum atomic E-state index is 15.7. The normalized spacial score (nSPS) is 16.1. The van der Waals surface area contributed by atoms with Gasteiger partial charge in [0.2, 0.25) is 11.3 Å². The topological polar surface area (TPSA) is 120 Å². The summed E-state index contributed by atoms with van der Waals surface area (Å²) in [6.07, 6.45) is 2.74. The van der Waals surface area contributed by atoms with Crippen LogP contribution in [0.4, 0.5) is 20.2 Å². The highest BCUT2D eigenvalue weighted by atomic mass is 19.1. The lowest BCUT2D eigenvalue weighted by atomic mass is 10.0. The summed E-state index contributed by atoms with van der Waals surface area (Å²) < 4.78 is 55.3. The van der Waals surface area contributed by atoms with Crippen LogP contribution in [0.5, 0.6) is 28.9 Å². The molecular weight excluding hydrogens is 626 g/mol. The number of nitrogens with zero attached hydrogens (tertiary/aromatic N) is 5. The molecule has 1 N–H and O–H groups in total. The molecule has 48 heavy (non-hydrogen) atoms. The van der Waals surface area contributed by atoms with E-state index >= 15 is 8.78 Å². The third kappa shape index (κ3) is 5.37. The lowest BCUT2D eigenvalue weighted by Crippen LogP contribution is -2.45. The van der Waals surface area contributed by atoms with E-state index in [9.17, 15) is 9.59 Å². The van der Waals surface area contributed by atoms with Crippen LogP contribution in [0.3, 0.4) is 0 Å². The van der Waals surface area contributed by atoms with Gasteiger partial charge in [-0.25, -0.2) is 18.7 Å². The predicted octanol–water partition coefficient (Wildman–Crippen LogP) is 4.99. The second kappa shape index (κ2) is 12.3. The fourth-order valence-electron chi connectivity index (χ4n) is 6.10. The van der Waals surface area contributed by atoms with Gasteiger partial charge in [0.1, 0.15) is 24.2 Å². The number of piperazine rings is 1. The van der Waals surface area contributed by atoms with Gasteiger partial charge in [0, 0.05) is 50.2 Å². The summed E-state index contributed by atoms with van der Waals surface area (Å²) in [6.45, 7) is 4.84. The zero-order valence-electron chi connectivity index (χ0n) is 26.7. The van der Waals surface area contributed by atoms with E-state index < -0.39 is 23.0 Å². The standard InChI is InChI=1S/C34H32F2N6O6/c1-18-16-47-32-29-21(12-24(36)30(32)41-9-7-40(2)8-10-41)31(43)22(15-42(18)29)33(44)39-19-5-6-26(23(35)11-19)48-34-20-13-27(45-3)28(46-4)14-25(20)37-17-38-34/h5-6,11-15,17-18H,7-10,16H2,1-4H3,(H,39,44). The number of hydrogen-bond donors (Lipinski definition) is 1. The van der Waals surface area contributed by atoms with Crippen LogP contribution in [0.1, 0.15) is 23.3 Å². The molecule has 1 saturated heterocycles. The number of halogens is 2. The first-order valence-corrected chi connectivity index (χ1v) is 15.3. The van der Waals surface area contributed by atoms with Gasteiger partial charge in [0.05, 0.1) is 42.1 Å². The van der Waals surface area contributed by atoms with E-state index in [1.165, 1.54) is 44.9 Å². The number of anilines is 2. The Morgan fingerprint density at radius 1 is 0.958 bits per heavy atom. The largest absolute Gasteiger partial charge is 0.493 e. The van der Waals surface area contributed by atoms with Gasteiger partial charge in [0.25, 0.3) is 5.91 Å². The second-order valence-corrected chi connectivity index (χ2v) is 11.8. The van der Waals surface area contributed by atoms with Crippen LogP contribution >= 0.6 is 0 Å². The Hall–Kier alpha value is -5.50. The molecule has 5 aromatic rings. The number of nitrogens with one attached hydrogen (secondary N) is 1. The van der Waals surface area contributed by atoms with E-state index in [2.05, 4.69) is 20.2 Å². The summed E-state index contributed by atoms with van der Waals surface area (Å²) in [7, 11) is 4.99. The zero-order chi connectivity index (χ0) is 33.7. The number of rotatable bonds is 7. The highest BCUT2D eigenvalue weighted by molar-refractivity contribution is 6.06. The highest BCUT2D eigenvalue weighted by Gasteiger charge is 2.31. The van der Waals surface area contributed by atoms with Crippen molar-refractivity contribution >= 4 is 39.1 Å². The quantitative estimate of drug-likeness (QED) is 0.256. The van der Waals surface area contributed by atoms with Gasteiger partial charge in [-0.05, 0) is 38.2 Å². The van der Waals surface area contributed by atoms with E-state index in [1.54, 1.807) is 16.7 Å². The minimum atomic E-state index is -0.792. The number of methoxy groups -OCH3 is 2. The number of amides is 1. The molecule has 248 valence electrons. The number of carbonyl (C=O) groups is 1. The molecule has 1 atom stereocenters. The van der Waals surface area contributed by atoms with Crippen molar-refractivity contribution in [1.82, 2.24) is 19.4 Å². The van der Waals surface area contributed by atoms with Crippen LogP contribution in [-0.4, -0.2) is 79.4 Å². The smallest absolute Gasteiger partial charge is 0.261 e. The van der Waals surface area contributed by atoms with Crippen molar-refractivity contribution in [2.45, 2.75) is 13.0 Å². The van der Waals surface area contributed by atoms with E-state index in [0.717, 1.165) is 19.2 Å². The van der Waals surface area contributed by atoms with Crippen LogP contribution < -0.4 is 34.6 Å². The third-order valence-corrected chi connectivity index (χ3v) is 8.71. The first-order valence-electron chi connectivity index (χ1n) is 15.3. The highest BCUT2D eigenvalue weighted by Crippen LogP contribution is 2.42. The number of pyridine rings is 1. The number of ether oxygens (including phenoxy) is 4. The molecule has 0 saturated carbocycles. The SMILES string of the molecule is COc1cc2ncnc(Oc3ccc(NC(=O)c4cn5c6c(c(N7CCN(C)CC7)c(F)cc6c4=O)OCC5C)cc3F)c2cc1OC. The molecule has 12 nitrogen and oxygen atoms in total. The fourth-order valence-corrected chi connectivity index (χ4v) is 6.10. The van der Waals surface area contributed by atoms with E-state index in [4.69, 9.17) is 18.9 Å². The van der Waals surface area contributed by atoms with Crippen molar-refractivity contribution in [3.05, 3.63) is 76.3 Å². The van der Waals surface area contributed by atoms with E-state index in [0.29, 0.717) is 52.4 Å². The predicted molar refractivity (Wildman–Crippen MR) is 175 cm³/mol. The van der Waals surface area contributed by atoms with Gasteiger partial charge in [-0.1, -0.05) is 0 Å². The maximum Gasteiger partial charge on any atom is 0.261 e. The Morgan fingerprint density at radius 3 is 2.44 bits per heavy atom. The van der Waals surface area contributed by atoms with Crippen LogP contribution in [0.2, 0.25) is 0 Å². The molecule has 4 heterocycles. The molecule has 1 unspecified atom stereocenters. The summed E-state index contributed by atoms with van der Waals surface area (Å²) in [4.78, 5) is 39.6. The molecule has 0 aliphatic carbocycles. The Bertz CT molecular complexity index is 2150. The average molecular weight is 659 g/mol. The van der Waals surface area contributed by atoms with Gasteiger partial charge >= 0.3 is 0 Å². The molecule has 2 aliphatic rings. The molecule has 3 aromatic carbocycles. The van der Waals surface area contributed by atoms with Crippen molar-refractivity contribution < 1.29 is 32.5 Å². The van der Waals surface area contributed by atoms with Crippen molar-refractivity contribution in [2.75, 3.05) is 64.3 Å². The number of carbonyl (C=O) groups excluding carboxylic acids is 1. The van der Waals surface area contributed by atoms with E-state index in [-0.39, 0.29) is 40.9 Å². The molecule has 1 amide bonds. The van der Waals surface area contributed by atoms with Gasteiger partial charge in [-0.3, -0.25) is 9.59 Å².